The molecule has 0 aromatic carbocycles. The highest BCUT2D eigenvalue weighted by atomic mass is 16.2. The monoisotopic (exact) mass is 155 g/mol. The second-order valence-corrected chi connectivity index (χ2v) is 4.26. The van der Waals surface area contributed by atoms with Gasteiger partial charge in [0.2, 0.25) is 5.91 Å². The van der Waals surface area contributed by atoms with Crippen LogP contribution in [0.2, 0.25) is 0 Å². The summed E-state index contributed by atoms with van der Waals surface area (Å²) in [6.07, 6.45) is 3.03. The van der Waals surface area contributed by atoms with E-state index in [2.05, 4.69) is 13.8 Å². The lowest BCUT2D eigenvalue weighted by atomic mass is 9.85. The highest BCUT2D eigenvalue weighted by Crippen LogP contribution is 2.29. The van der Waals surface area contributed by atoms with E-state index < -0.39 is 0 Å². The maximum absolute atomic E-state index is 11.4. The molecule has 11 heavy (non-hydrogen) atoms. The average molecular weight is 155 g/mol. The van der Waals surface area contributed by atoms with Crippen LogP contribution < -0.4 is 0 Å². The number of nitrogens with zero attached hydrogens (tertiary/aromatic N) is 1. The van der Waals surface area contributed by atoms with Crippen LogP contribution in [0.15, 0.2) is 0 Å². The van der Waals surface area contributed by atoms with Crippen LogP contribution in [-0.2, 0) is 4.79 Å². The SMILES string of the molecule is CN1CCCC(C)(C)CC1=O. The van der Waals surface area contributed by atoms with Crippen LogP contribution >= 0.6 is 0 Å². The van der Waals surface area contributed by atoms with E-state index >= 15 is 0 Å². The molecule has 0 unspecified atom stereocenters. The molecule has 1 rings (SSSR count). The van der Waals surface area contributed by atoms with E-state index in [9.17, 15) is 4.79 Å². The quantitative estimate of drug-likeness (QED) is 0.521. The van der Waals surface area contributed by atoms with Gasteiger partial charge in [-0.05, 0) is 18.3 Å². The van der Waals surface area contributed by atoms with Crippen molar-refractivity contribution in [1.29, 1.82) is 0 Å². The Morgan fingerprint density at radius 2 is 2.09 bits per heavy atom. The minimum Gasteiger partial charge on any atom is -0.346 e. The van der Waals surface area contributed by atoms with Crippen molar-refractivity contribution in [3.63, 3.8) is 0 Å². The Hall–Kier alpha value is -0.530. The third-order valence-electron chi connectivity index (χ3n) is 2.40. The Balaban J connectivity index is 2.63. The van der Waals surface area contributed by atoms with E-state index in [1.807, 2.05) is 11.9 Å². The fourth-order valence-corrected chi connectivity index (χ4v) is 1.55. The molecule has 0 N–H and O–H groups in total. The fourth-order valence-electron chi connectivity index (χ4n) is 1.55. The number of likely N-dealkylation sites (tertiary alicyclic amines) is 1. The molecule has 1 aliphatic rings. The zero-order valence-electron chi connectivity index (χ0n) is 7.68. The minimum atomic E-state index is 0.224. The van der Waals surface area contributed by atoms with Crippen LogP contribution in [0.5, 0.6) is 0 Å². The van der Waals surface area contributed by atoms with Gasteiger partial charge in [-0.2, -0.15) is 0 Å². The van der Waals surface area contributed by atoms with Crippen molar-refractivity contribution in [3.05, 3.63) is 0 Å². The first-order valence-corrected chi connectivity index (χ1v) is 4.25. The van der Waals surface area contributed by atoms with E-state index in [1.54, 1.807) is 0 Å². The number of carbonyl (C=O) groups is 1. The first kappa shape index (κ1) is 8.57. The molecule has 1 fully saturated rings. The van der Waals surface area contributed by atoms with Crippen molar-refractivity contribution < 1.29 is 4.79 Å². The second kappa shape index (κ2) is 2.84. The van der Waals surface area contributed by atoms with Gasteiger partial charge in [0.1, 0.15) is 0 Å². The summed E-state index contributed by atoms with van der Waals surface area (Å²) in [6, 6.07) is 0. The largest absolute Gasteiger partial charge is 0.346 e. The molecule has 0 radical (unpaired) electrons. The highest BCUT2D eigenvalue weighted by molar-refractivity contribution is 5.76. The number of amides is 1. The van der Waals surface area contributed by atoms with Crippen molar-refractivity contribution in [3.8, 4) is 0 Å². The Kier molecular flexibility index (Phi) is 2.21. The van der Waals surface area contributed by atoms with Crippen LogP contribution in [0, 0.1) is 5.41 Å². The van der Waals surface area contributed by atoms with E-state index in [-0.39, 0.29) is 5.41 Å². The summed E-state index contributed by atoms with van der Waals surface area (Å²) in [4.78, 5) is 13.2. The molecule has 1 heterocycles. The van der Waals surface area contributed by atoms with Gasteiger partial charge in [-0.1, -0.05) is 13.8 Å². The fraction of sp³-hybridized carbons (Fsp3) is 0.889. The lowest BCUT2D eigenvalue weighted by Gasteiger charge is -2.20. The molecule has 0 bridgehead atoms. The van der Waals surface area contributed by atoms with E-state index in [4.69, 9.17) is 0 Å². The van der Waals surface area contributed by atoms with Gasteiger partial charge in [0, 0.05) is 20.0 Å². The van der Waals surface area contributed by atoms with Gasteiger partial charge in [0.15, 0.2) is 0 Å². The Labute approximate surface area is 68.6 Å². The Bertz CT molecular complexity index is 163. The van der Waals surface area contributed by atoms with Crippen LogP contribution in [0.1, 0.15) is 33.1 Å². The molecule has 0 aromatic rings. The van der Waals surface area contributed by atoms with Gasteiger partial charge in [0.25, 0.3) is 0 Å². The standard InChI is InChI=1S/C9H17NO/c1-9(2)5-4-6-10(3)8(11)7-9/h4-7H2,1-3H3. The van der Waals surface area contributed by atoms with Gasteiger partial charge in [-0.3, -0.25) is 4.79 Å². The molecule has 0 atom stereocenters. The molecule has 0 aromatic heterocycles. The first-order valence-electron chi connectivity index (χ1n) is 4.25. The maximum atomic E-state index is 11.4. The van der Waals surface area contributed by atoms with E-state index in [0.717, 1.165) is 13.0 Å². The van der Waals surface area contributed by atoms with E-state index in [1.165, 1.54) is 6.42 Å². The van der Waals surface area contributed by atoms with Gasteiger partial charge >= 0.3 is 0 Å². The molecular formula is C9H17NO. The third-order valence-corrected chi connectivity index (χ3v) is 2.40. The Morgan fingerprint density at radius 3 is 2.73 bits per heavy atom. The van der Waals surface area contributed by atoms with Crippen molar-refractivity contribution in [2.45, 2.75) is 33.1 Å². The zero-order valence-corrected chi connectivity index (χ0v) is 7.68. The number of hydrogen-bond acceptors (Lipinski definition) is 1. The molecule has 1 amide bonds. The minimum absolute atomic E-state index is 0.224. The van der Waals surface area contributed by atoms with Gasteiger partial charge in [0.05, 0.1) is 0 Å². The van der Waals surface area contributed by atoms with Gasteiger partial charge in [-0.15, -0.1) is 0 Å². The molecule has 64 valence electrons. The normalized spacial score (nSPS) is 25.0. The molecule has 2 nitrogen and oxygen atoms in total. The summed E-state index contributed by atoms with van der Waals surface area (Å²) in [5, 5.41) is 0. The summed E-state index contributed by atoms with van der Waals surface area (Å²) in [5.41, 5.74) is 0.224. The maximum Gasteiger partial charge on any atom is 0.222 e. The average Bonchev–Trinajstić information content (AvgIpc) is 1.93. The Morgan fingerprint density at radius 1 is 1.45 bits per heavy atom. The number of hydrogen-bond donors (Lipinski definition) is 0. The molecular weight excluding hydrogens is 138 g/mol. The lowest BCUT2D eigenvalue weighted by molar-refractivity contribution is -0.130. The molecule has 0 saturated carbocycles. The highest BCUT2D eigenvalue weighted by Gasteiger charge is 2.26. The van der Waals surface area contributed by atoms with Crippen molar-refractivity contribution in [2.75, 3.05) is 13.6 Å². The summed E-state index contributed by atoms with van der Waals surface area (Å²) in [6.45, 7) is 5.27. The molecule has 0 aliphatic carbocycles. The summed E-state index contributed by atoms with van der Waals surface area (Å²) in [7, 11) is 1.89. The smallest absolute Gasteiger partial charge is 0.222 e. The van der Waals surface area contributed by atoms with Crippen molar-refractivity contribution in [2.24, 2.45) is 5.41 Å². The van der Waals surface area contributed by atoms with Crippen LogP contribution in [0.25, 0.3) is 0 Å². The van der Waals surface area contributed by atoms with Crippen LogP contribution in [0.4, 0.5) is 0 Å². The molecule has 0 spiro atoms. The van der Waals surface area contributed by atoms with Crippen molar-refractivity contribution in [1.82, 2.24) is 4.90 Å². The van der Waals surface area contributed by atoms with Gasteiger partial charge in [-0.25, -0.2) is 0 Å². The number of rotatable bonds is 0. The third kappa shape index (κ3) is 2.21. The van der Waals surface area contributed by atoms with E-state index in [0.29, 0.717) is 12.3 Å². The summed E-state index contributed by atoms with van der Waals surface area (Å²) < 4.78 is 0. The van der Waals surface area contributed by atoms with Crippen LogP contribution in [0.3, 0.4) is 0 Å². The predicted octanol–water partition coefficient (Wildman–Crippen LogP) is 1.65. The van der Waals surface area contributed by atoms with Crippen LogP contribution in [-0.4, -0.2) is 24.4 Å². The second-order valence-electron chi connectivity index (χ2n) is 4.26. The predicted molar refractivity (Wildman–Crippen MR) is 45.3 cm³/mol. The number of carbonyl (C=O) groups excluding carboxylic acids is 1. The molecule has 1 saturated heterocycles. The lowest BCUT2D eigenvalue weighted by Crippen LogP contribution is -2.27. The molecule has 2 heteroatoms. The topological polar surface area (TPSA) is 20.3 Å². The molecule has 1 aliphatic heterocycles. The first-order chi connectivity index (χ1) is 5.01. The van der Waals surface area contributed by atoms with Gasteiger partial charge < -0.3 is 4.90 Å². The zero-order chi connectivity index (χ0) is 8.48. The summed E-state index contributed by atoms with van der Waals surface area (Å²) in [5.74, 6) is 0.299. The summed E-state index contributed by atoms with van der Waals surface area (Å²) >= 11 is 0. The van der Waals surface area contributed by atoms with Crippen molar-refractivity contribution >= 4 is 5.91 Å².